The minimum atomic E-state index is 0.673. The Morgan fingerprint density at radius 3 is 2.84 bits per heavy atom. The summed E-state index contributed by atoms with van der Waals surface area (Å²) in [6, 6.07) is 6.30. The number of aryl methyl sites for hydroxylation is 2. The van der Waals surface area contributed by atoms with E-state index in [0.29, 0.717) is 6.54 Å². The van der Waals surface area contributed by atoms with Crippen LogP contribution in [-0.2, 0) is 20.0 Å². The fourth-order valence-electron chi connectivity index (χ4n) is 2.48. The molecule has 6 nitrogen and oxygen atoms in total. The highest BCUT2D eigenvalue weighted by Gasteiger charge is 2.06. The van der Waals surface area contributed by atoms with Crippen molar-refractivity contribution >= 4 is 5.96 Å². The summed E-state index contributed by atoms with van der Waals surface area (Å²) < 4.78 is 7.68. The lowest BCUT2D eigenvalue weighted by Gasteiger charge is -2.15. The molecule has 0 bridgehead atoms. The fraction of sp³-hybridized carbons (Fsp3) is 0.474. The van der Waals surface area contributed by atoms with Gasteiger partial charge in [0.1, 0.15) is 5.75 Å². The number of benzene rings is 1. The Kier molecular flexibility index (Phi) is 7.32. The van der Waals surface area contributed by atoms with Gasteiger partial charge in [-0.15, -0.1) is 0 Å². The van der Waals surface area contributed by atoms with Gasteiger partial charge in [-0.1, -0.05) is 19.1 Å². The number of ether oxygens (including phenoxy) is 1. The van der Waals surface area contributed by atoms with E-state index in [4.69, 9.17) is 4.74 Å². The number of hydrogen-bond acceptors (Lipinski definition) is 3. The average molecular weight is 343 g/mol. The highest BCUT2D eigenvalue weighted by Crippen LogP contribution is 2.20. The lowest BCUT2D eigenvalue weighted by atomic mass is 10.1. The van der Waals surface area contributed by atoms with Gasteiger partial charge in [-0.25, -0.2) is 0 Å². The number of nitrogens with zero attached hydrogens (tertiary/aromatic N) is 3. The highest BCUT2D eigenvalue weighted by atomic mass is 16.5. The number of nitrogens with one attached hydrogen (secondary N) is 2. The van der Waals surface area contributed by atoms with Gasteiger partial charge in [0.25, 0.3) is 0 Å². The first-order valence-corrected chi connectivity index (χ1v) is 8.76. The maximum Gasteiger partial charge on any atom is 0.191 e. The van der Waals surface area contributed by atoms with Gasteiger partial charge in [0.15, 0.2) is 5.96 Å². The molecule has 0 radical (unpaired) electrons. The van der Waals surface area contributed by atoms with Crippen LogP contribution in [0.15, 0.2) is 35.6 Å². The Morgan fingerprint density at radius 1 is 1.32 bits per heavy atom. The summed E-state index contributed by atoms with van der Waals surface area (Å²) in [6.07, 6.45) is 5.82. The molecule has 2 N–H and O–H groups in total. The van der Waals surface area contributed by atoms with Gasteiger partial charge in [0.05, 0.1) is 12.8 Å². The van der Waals surface area contributed by atoms with Crippen molar-refractivity contribution in [1.82, 2.24) is 20.4 Å². The van der Waals surface area contributed by atoms with Crippen molar-refractivity contribution in [2.75, 3.05) is 20.2 Å². The first-order chi connectivity index (χ1) is 12.1. The standard InChI is InChI=1S/C19H29N5O/c1-5-10-25-18-11-15(2)6-7-17(18)13-22-19(20-3)21-9-8-16-12-23-24(4)14-16/h6-7,11-12,14H,5,8-10,13H2,1-4H3,(H2,20,21,22). The van der Waals surface area contributed by atoms with Crippen molar-refractivity contribution in [3.05, 3.63) is 47.3 Å². The molecule has 0 fully saturated rings. The fourth-order valence-corrected chi connectivity index (χ4v) is 2.48. The van der Waals surface area contributed by atoms with Crippen LogP contribution in [0.5, 0.6) is 5.75 Å². The molecule has 0 saturated carbocycles. The zero-order valence-electron chi connectivity index (χ0n) is 15.7. The monoisotopic (exact) mass is 343 g/mol. The molecule has 0 unspecified atom stereocenters. The van der Waals surface area contributed by atoms with Crippen molar-refractivity contribution < 1.29 is 4.74 Å². The quantitative estimate of drug-likeness (QED) is 0.571. The molecule has 1 heterocycles. The van der Waals surface area contributed by atoms with E-state index in [1.165, 1.54) is 11.1 Å². The normalized spacial score (nSPS) is 11.4. The molecule has 2 rings (SSSR count). The molecule has 25 heavy (non-hydrogen) atoms. The minimum absolute atomic E-state index is 0.673. The maximum atomic E-state index is 5.86. The third-order valence-electron chi connectivity index (χ3n) is 3.82. The van der Waals surface area contributed by atoms with Crippen molar-refractivity contribution in [2.45, 2.75) is 33.2 Å². The van der Waals surface area contributed by atoms with Crippen LogP contribution in [0, 0.1) is 6.92 Å². The summed E-state index contributed by atoms with van der Waals surface area (Å²) >= 11 is 0. The molecule has 6 heteroatoms. The lowest BCUT2D eigenvalue weighted by Crippen LogP contribution is -2.37. The SMILES string of the molecule is CCCOc1cc(C)ccc1CNC(=NC)NCCc1cnn(C)c1. The van der Waals surface area contributed by atoms with E-state index in [0.717, 1.165) is 43.3 Å². The van der Waals surface area contributed by atoms with Gasteiger partial charge in [0, 0.05) is 38.9 Å². The topological polar surface area (TPSA) is 63.5 Å². The molecule has 0 amide bonds. The molecule has 0 atom stereocenters. The Bertz CT molecular complexity index is 693. The van der Waals surface area contributed by atoms with Crippen LogP contribution in [0.3, 0.4) is 0 Å². The predicted octanol–water partition coefficient (Wildman–Crippen LogP) is 2.43. The summed E-state index contributed by atoms with van der Waals surface area (Å²) in [6.45, 7) is 6.40. The van der Waals surface area contributed by atoms with Crippen molar-refractivity contribution in [2.24, 2.45) is 12.0 Å². The molecular formula is C19H29N5O. The zero-order chi connectivity index (χ0) is 18.1. The molecule has 2 aromatic rings. The van der Waals surface area contributed by atoms with E-state index >= 15 is 0 Å². The van der Waals surface area contributed by atoms with E-state index in [-0.39, 0.29) is 0 Å². The maximum absolute atomic E-state index is 5.86. The van der Waals surface area contributed by atoms with Gasteiger partial charge < -0.3 is 15.4 Å². The Morgan fingerprint density at radius 2 is 2.16 bits per heavy atom. The van der Waals surface area contributed by atoms with Crippen LogP contribution in [-0.4, -0.2) is 35.9 Å². The molecular weight excluding hydrogens is 314 g/mol. The number of aromatic nitrogens is 2. The molecule has 1 aromatic heterocycles. The van der Waals surface area contributed by atoms with Crippen LogP contribution in [0.4, 0.5) is 0 Å². The zero-order valence-corrected chi connectivity index (χ0v) is 15.7. The second-order valence-corrected chi connectivity index (χ2v) is 6.08. The van der Waals surface area contributed by atoms with Crippen molar-refractivity contribution in [1.29, 1.82) is 0 Å². The predicted molar refractivity (Wildman–Crippen MR) is 102 cm³/mol. The van der Waals surface area contributed by atoms with Gasteiger partial charge in [-0.3, -0.25) is 9.67 Å². The second-order valence-electron chi connectivity index (χ2n) is 6.08. The van der Waals surface area contributed by atoms with Gasteiger partial charge in [-0.2, -0.15) is 5.10 Å². The summed E-state index contributed by atoms with van der Waals surface area (Å²) in [5.41, 5.74) is 3.54. The van der Waals surface area contributed by atoms with Crippen LogP contribution in [0.25, 0.3) is 0 Å². The molecule has 0 aliphatic rings. The molecule has 0 spiro atoms. The van der Waals surface area contributed by atoms with E-state index < -0.39 is 0 Å². The van der Waals surface area contributed by atoms with Crippen molar-refractivity contribution in [3.63, 3.8) is 0 Å². The van der Waals surface area contributed by atoms with Crippen LogP contribution in [0.1, 0.15) is 30.0 Å². The van der Waals surface area contributed by atoms with Crippen LogP contribution < -0.4 is 15.4 Å². The Labute approximate surface area is 150 Å². The Hall–Kier alpha value is -2.50. The summed E-state index contributed by atoms with van der Waals surface area (Å²) in [5.74, 6) is 1.73. The van der Waals surface area contributed by atoms with Gasteiger partial charge >= 0.3 is 0 Å². The average Bonchev–Trinajstić information content (AvgIpc) is 3.02. The minimum Gasteiger partial charge on any atom is -0.493 e. The molecule has 1 aromatic carbocycles. The van der Waals surface area contributed by atoms with E-state index in [2.05, 4.69) is 52.8 Å². The smallest absolute Gasteiger partial charge is 0.191 e. The largest absolute Gasteiger partial charge is 0.493 e. The first kappa shape index (κ1) is 18.8. The third-order valence-corrected chi connectivity index (χ3v) is 3.82. The highest BCUT2D eigenvalue weighted by molar-refractivity contribution is 5.79. The lowest BCUT2D eigenvalue weighted by molar-refractivity contribution is 0.313. The van der Waals surface area contributed by atoms with Gasteiger partial charge in [0.2, 0.25) is 0 Å². The number of hydrogen-bond donors (Lipinski definition) is 2. The van der Waals surface area contributed by atoms with E-state index in [9.17, 15) is 0 Å². The number of aliphatic imine (C=N–C) groups is 1. The molecule has 0 aliphatic heterocycles. The van der Waals surface area contributed by atoms with E-state index in [1.807, 2.05) is 24.1 Å². The first-order valence-electron chi connectivity index (χ1n) is 8.76. The number of rotatable bonds is 8. The van der Waals surface area contributed by atoms with E-state index in [1.54, 1.807) is 7.05 Å². The molecule has 136 valence electrons. The second kappa shape index (κ2) is 9.71. The summed E-state index contributed by atoms with van der Waals surface area (Å²) in [4.78, 5) is 4.28. The van der Waals surface area contributed by atoms with Crippen molar-refractivity contribution in [3.8, 4) is 5.75 Å². The summed E-state index contributed by atoms with van der Waals surface area (Å²) in [5, 5.41) is 10.9. The molecule has 0 saturated heterocycles. The van der Waals surface area contributed by atoms with Crippen LogP contribution >= 0.6 is 0 Å². The third kappa shape index (κ3) is 6.14. The number of guanidine groups is 1. The summed E-state index contributed by atoms with van der Waals surface area (Å²) in [7, 11) is 3.71. The Balaban J connectivity index is 1.85. The molecule has 0 aliphatic carbocycles. The van der Waals surface area contributed by atoms with Gasteiger partial charge in [-0.05, 0) is 37.0 Å². The van der Waals surface area contributed by atoms with Crippen LogP contribution in [0.2, 0.25) is 0 Å².